The second-order valence-corrected chi connectivity index (χ2v) is 6.01. The molecule has 0 saturated carbocycles. The van der Waals surface area contributed by atoms with Crippen LogP contribution in [-0.2, 0) is 18.4 Å². The number of pyridine rings is 1. The van der Waals surface area contributed by atoms with Crippen LogP contribution >= 0.6 is 0 Å². The first kappa shape index (κ1) is 16.1. The molecule has 124 valence electrons. The number of fused-ring (bicyclic) bond motifs is 1. The highest BCUT2D eigenvalue weighted by Crippen LogP contribution is 2.17. The van der Waals surface area contributed by atoms with Crippen molar-refractivity contribution in [1.82, 2.24) is 19.7 Å². The lowest BCUT2D eigenvalue weighted by Crippen LogP contribution is -2.29. The third-order valence-electron chi connectivity index (χ3n) is 3.84. The van der Waals surface area contributed by atoms with E-state index in [-0.39, 0.29) is 5.91 Å². The smallest absolute Gasteiger partial charge is 0.238 e. The summed E-state index contributed by atoms with van der Waals surface area (Å²) < 4.78 is 1.78. The van der Waals surface area contributed by atoms with Crippen LogP contribution < -0.4 is 5.32 Å². The maximum Gasteiger partial charge on any atom is 0.238 e. The summed E-state index contributed by atoms with van der Waals surface area (Å²) in [6, 6.07) is 11.6. The van der Waals surface area contributed by atoms with Crippen LogP contribution in [0.25, 0.3) is 11.0 Å². The molecule has 0 aliphatic rings. The van der Waals surface area contributed by atoms with Crippen molar-refractivity contribution in [3.8, 4) is 0 Å². The lowest BCUT2D eigenvalue weighted by molar-refractivity contribution is -0.117. The van der Waals surface area contributed by atoms with Crippen LogP contribution in [0, 0.1) is 6.92 Å². The van der Waals surface area contributed by atoms with E-state index in [9.17, 15) is 4.79 Å². The number of benzene rings is 1. The van der Waals surface area contributed by atoms with Gasteiger partial charge in [-0.1, -0.05) is 18.2 Å². The van der Waals surface area contributed by atoms with Gasteiger partial charge in [-0.2, -0.15) is 5.10 Å². The average Bonchev–Trinajstić information content (AvgIpc) is 2.82. The van der Waals surface area contributed by atoms with Gasteiger partial charge >= 0.3 is 0 Å². The van der Waals surface area contributed by atoms with Gasteiger partial charge in [-0.25, -0.2) is 4.98 Å². The van der Waals surface area contributed by atoms with Gasteiger partial charge in [-0.05, 0) is 37.7 Å². The molecule has 0 spiro atoms. The molecule has 0 radical (unpaired) electrons. The number of para-hydroxylation sites is 1. The number of carbonyl (C=O) groups excluding carboxylic acids is 1. The molecule has 0 bridgehead atoms. The Labute approximate surface area is 141 Å². The maximum absolute atomic E-state index is 12.1. The molecule has 1 N–H and O–H groups in total. The molecule has 0 fully saturated rings. The summed E-state index contributed by atoms with van der Waals surface area (Å²) >= 11 is 0. The summed E-state index contributed by atoms with van der Waals surface area (Å²) in [4.78, 5) is 18.5. The number of aryl methyl sites for hydroxylation is 2. The molecule has 2 aromatic heterocycles. The molecular formula is C18H21N5O. The summed E-state index contributed by atoms with van der Waals surface area (Å²) in [6.45, 7) is 2.95. The van der Waals surface area contributed by atoms with Gasteiger partial charge in [0.25, 0.3) is 0 Å². The molecule has 1 amide bonds. The van der Waals surface area contributed by atoms with Crippen LogP contribution in [0.2, 0.25) is 0 Å². The molecule has 0 aliphatic carbocycles. The van der Waals surface area contributed by atoms with Crippen molar-refractivity contribution in [2.24, 2.45) is 7.05 Å². The highest BCUT2D eigenvalue weighted by Gasteiger charge is 2.10. The molecule has 0 aliphatic heterocycles. The second kappa shape index (κ2) is 6.80. The van der Waals surface area contributed by atoms with Gasteiger partial charge in [0.2, 0.25) is 5.91 Å². The molecule has 2 heterocycles. The molecule has 6 heteroatoms. The molecular weight excluding hydrogens is 302 g/mol. The first-order valence-electron chi connectivity index (χ1n) is 7.84. The largest absolute Gasteiger partial charge is 0.325 e. The summed E-state index contributed by atoms with van der Waals surface area (Å²) in [5.41, 5.74) is 3.71. The third kappa shape index (κ3) is 3.60. The molecule has 6 nitrogen and oxygen atoms in total. The van der Waals surface area contributed by atoms with E-state index in [1.807, 2.05) is 62.4 Å². The summed E-state index contributed by atoms with van der Waals surface area (Å²) in [7, 11) is 3.81. The Morgan fingerprint density at radius 3 is 2.79 bits per heavy atom. The monoisotopic (exact) mass is 323 g/mol. The molecule has 24 heavy (non-hydrogen) atoms. The van der Waals surface area contributed by atoms with Crippen LogP contribution in [0.4, 0.5) is 5.69 Å². The van der Waals surface area contributed by atoms with Crippen LogP contribution in [-0.4, -0.2) is 39.2 Å². The second-order valence-electron chi connectivity index (χ2n) is 6.01. The van der Waals surface area contributed by atoms with E-state index in [2.05, 4.69) is 21.5 Å². The maximum atomic E-state index is 12.1. The minimum absolute atomic E-state index is 0.0321. The highest BCUT2D eigenvalue weighted by molar-refractivity contribution is 5.92. The van der Waals surface area contributed by atoms with Gasteiger partial charge in [0.05, 0.1) is 12.2 Å². The number of nitrogens with zero attached hydrogens (tertiary/aromatic N) is 4. The van der Waals surface area contributed by atoms with E-state index in [0.717, 1.165) is 28.0 Å². The van der Waals surface area contributed by atoms with Gasteiger partial charge in [-0.3, -0.25) is 14.4 Å². The van der Waals surface area contributed by atoms with E-state index < -0.39 is 0 Å². The quantitative estimate of drug-likeness (QED) is 0.783. The highest BCUT2D eigenvalue weighted by atomic mass is 16.2. The number of nitrogens with one attached hydrogen (secondary N) is 1. The molecule has 3 rings (SSSR count). The Morgan fingerprint density at radius 1 is 1.29 bits per heavy atom. The minimum Gasteiger partial charge on any atom is -0.325 e. The van der Waals surface area contributed by atoms with Crippen LogP contribution in [0.15, 0.2) is 42.6 Å². The van der Waals surface area contributed by atoms with Gasteiger partial charge in [-0.15, -0.1) is 0 Å². The number of aromatic nitrogens is 3. The topological polar surface area (TPSA) is 63.1 Å². The van der Waals surface area contributed by atoms with E-state index >= 15 is 0 Å². The van der Waals surface area contributed by atoms with E-state index in [0.29, 0.717) is 13.1 Å². The molecule has 0 unspecified atom stereocenters. The minimum atomic E-state index is -0.0321. The first-order chi connectivity index (χ1) is 11.5. The molecule has 3 aromatic rings. The fraction of sp³-hybridized carbons (Fsp3) is 0.278. The Hall–Kier alpha value is -2.73. The predicted octanol–water partition coefficient (Wildman–Crippen LogP) is 2.35. The fourth-order valence-electron chi connectivity index (χ4n) is 2.77. The number of hydrogen-bond donors (Lipinski definition) is 1. The van der Waals surface area contributed by atoms with E-state index in [4.69, 9.17) is 0 Å². The normalized spacial score (nSPS) is 11.2. The molecule has 1 aromatic carbocycles. The summed E-state index contributed by atoms with van der Waals surface area (Å²) in [6.07, 6.45) is 1.84. The average molecular weight is 323 g/mol. The standard InChI is InChI=1S/C18H21N5O/c1-13-16-9-14(10-19-18(16)23(3)21-13)11-22(2)12-17(24)20-15-7-5-4-6-8-15/h4-10H,11-12H2,1-3H3,(H,20,24). The Morgan fingerprint density at radius 2 is 2.04 bits per heavy atom. The van der Waals surface area contributed by atoms with E-state index in [1.165, 1.54) is 0 Å². The van der Waals surface area contributed by atoms with E-state index in [1.54, 1.807) is 4.68 Å². The summed E-state index contributed by atoms with van der Waals surface area (Å²) in [5, 5.41) is 8.33. The van der Waals surface area contributed by atoms with Crippen LogP contribution in [0.3, 0.4) is 0 Å². The fourth-order valence-corrected chi connectivity index (χ4v) is 2.77. The Balaban J connectivity index is 1.63. The van der Waals surface area contributed by atoms with Crippen molar-refractivity contribution >= 4 is 22.6 Å². The lowest BCUT2D eigenvalue weighted by atomic mass is 10.2. The SMILES string of the molecule is Cc1nn(C)c2ncc(CN(C)CC(=O)Nc3ccccc3)cc12. The van der Waals surface area contributed by atoms with Crippen molar-refractivity contribution in [3.63, 3.8) is 0 Å². The number of likely N-dealkylation sites (N-methyl/N-ethyl adjacent to an activating group) is 1. The van der Waals surface area contributed by atoms with Crippen LogP contribution in [0.5, 0.6) is 0 Å². The predicted molar refractivity (Wildman–Crippen MR) is 94.7 cm³/mol. The van der Waals surface area contributed by atoms with Crippen molar-refractivity contribution in [3.05, 3.63) is 53.9 Å². The molecule has 0 saturated heterocycles. The van der Waals surface area contributed by atoms with Crippen molar-refractivity contribution in [2.45, 2.75) is 13.5 Å². The number of carbonyl (C=O) groups is 1. The van der Waals surface area contributed by atoms with Gasteiger partial charge in [0.15, 0.2) is 5.65 Å². The zero-order valence-corrected chi connectivity index (χ0v) is 14.2. The van der Waals surface area contributed by atoms with Gasteiger partial charge in [0, 0.05) is 30.9 Å². The zero-order chi connectivity index (χ0) is 17.1. The number of amides is 1. The first-order valence-corrected chi connectivity index (χ1v) is 7.84. The van der Waals surface area contributed by atoms with Gasteiger partial charge < -0.3 is 5.32 Å². The number of anilines is 1. The number of hydrogen-bond acceptors (Lipinski definition) is 4. The van der Waals surface area contributed by atoms with Crippen LogP contribution in [0.1, 0.15) is 11.3 Å². The third-order valence-corrected chi connectivity index (χ3v) is 3.84. The van der Waals surface area contributed by atoms with Crippen molar-refractivity contribution in [1.29, 1.82) is 0 Å². The lowest BCUT2D eigenvalue weighted by Gasteiger charge is -2.16. The zero-order valence-electron chi connectivity index (χ0n) is 14.2. The Bertz CT molecular complexity index is 856. The van der Waals surface area contributed by atoms with Gasteiger partial charge in [0.1, 0.15) is 0 Å². The van der Waals surface area contributed by atoms with Crippen molar-refractivity contribution < 1.29 is 4.79 Å². The Kier molecular flexibility index (Phi) is 4.57. The number of rotatable bonds is 5. The summed E-state index contributed by atoms with van der Waals surface area (Å²) in [5.74, 6) is -0.0321. The van der Waals surface area contributed by atoms with Crippen molar-refractivity contribution in [2.75, 3.05) is 18.9 Å². The molecule has 0 atom stereocenters.